The Morgan fingerprint density at radius 2 is 1.78 bits per heavy atom. The molecule has 1 unspecified atom stereocenters. The van der Waals surface area contributed by atoms with Gasteiger partial charge >= 0.3 is 0 Å². The van der Waals surface area contributed by atoms with Crippen LogP contribution in [0.25, 0.3) is 10.4 Å². The minimum Gasteiger partial charge on any atom is -0.313 e. The third-order valence-electron chi connectivity index (χ3n) is 2.92. The maximum absolute atomic E-state index is 3.66. The van der Waals surface area contributed by atoms with Crippen LogP contribution in [0.2, 0.25) is 0 Å². The highest BCUT2D eigenvalue weighted by molar-refractivity contribution is 9.11. The van der Waals surface area contributed by atoms with E-state index in [1.807, 2.05) is 18.4 Å². The van der Waals surface area contributed by atoms with Crippen LogP contribution in [0.5, 0.6) is 0 Å². The van der Waals surface area contributed by atoms with Crippen LogP contribution in [-0.2, 0) is 0 Å². The molecule has 1 aromatic heterocycles. The van der Waals surface area contributed by atoms with Gasteiger partial charge in [0.1, 0.15) is 0 Å². The molecular weight excluding hydrogens is 374 g/mol. The van der Waals surface area contributed by atoms with E-state index in [-0.39, 0.29) is 0 Å². The summed E-state index contributed by atoms with van der Waals surface area (Å²) in [7, 11) is 1.99. The van der Waals surface area contributed by atoms with E-state index in [1.54, 1.807) is 0 Å². The number of hydrogen-bond donors (Lipinski definition) is 1. The van der Waals surface area contributed by atoms with Gasteiger partial charge in [0.2, 0.25) is 0 Å². The van der Waals surface area contributed by atoms with E-state index >= 15 is 0 Å². The Morgan fingerprint density at radius 3 is 2.33 bits per heavy atom. The van der Waals surface area contributed by atoms with E-state index in [4.69, 9.17) is 0 Å². The van der Waals surface area contributed by atoms with Gasteiger partial charge in [-0.2, -0.15) is 0 Å². The molecule has 0 spiro atoms. The molecule has 4 heteroatoms. The van der Waals surface area contributed by atoms with Gasteiger partial charge in [-0.05, 0) is 50.7 Å². The third-order valence-corrected chi connectivity index (χ3v) is 5.46. The lowest BCUT2D eigenvalue weighted by Crippen LogP contribution is -2.10. The molecule has 0 saturated carbocycles. The van der Waals surface area contributed by atoms with Gasteiger partial charge in [0, 0.05) is 30.3 Å². The SMILES string of the molecule is CNC(C)c1ccc(-c2c(Br)cc(C)cc2Br)s1. The molecule has 0 fully saturated rings. The first-order valence-corrected chi connectivity index (χ1v) is 8.16. The van der Waals surface area contributed by atoms with Crippen molar-refractivity contribution in [3.05, 3.63) is 43.7 Å². The average molecular weight is 389 g/mol. The first-order chi connectivity index (χ1) is 8.52. The molecule has 2 rings (SSSR count). The normalized spacial score (nSPS) is 12.7. The molecule has 0 saturated heterocycles. The maximum Gasteiger partial charge on any atom is 0.0383 e. The summed E-state index contributed by atoms with van der Waals surface area (Å²) in [6.45, 7) is 4.27. The fourth-order valence-electron chi connectivity index (χ4n) is 1.80. The Kier molecular flexibility index (Phi) is 4.64. The van der Waals surface area contributed by atoms with Crippen LogP contribution in [0.4, 0.5) is 0 Å². The van der Waals surface area contributed by atoms with E-state index in [0.717, 1.165) is 8.95 Å². The number of thiophene rings is 1. The Hall–Kier alpha value is -0.160. The van der Waals surface area contributed by atoms with E-state index in [9.17, 15) is 0 Å². The highest BCUT2D eigenvalue weighted by Gasteiger charge is 2.13. The van der Waals surface area contributed by atoms with Crippen LogP contribution in [0, 0.1) is 6.92 Å². The standard InChI is InChI=1S/C14H15Br2NS/c1-8-6-10(15)14(11(16)7-8)13-5-4-12(18-13)9(2)17-3/h4-7,9,17H,1-3H3. The number of nitrogens with one attached hydrogen (secondary N) is 1. The molecule has 0 amide bonds. The fraction of sp³-hybridized carbons (Fsp3) is 0.286. The Morgan fingerprint density at radius 1 is 1.17 bits per heavy atom. The van der Waals surface area contributed by atoms with Crippen molar-refractivity contribution in [2.24, 2.45) is 0 Å². The summed E-state index contributed by atoms with van der Waals surface area (Å²) in [4.78, 5) is 2.64. The molecule has 2 aromatic rings. The lowest BCUT2D eigenvalue weighted by Gasteiger charge is -2.08. The number of aryl methyl sites for hydroxylation is 1. The zero-order chi connectivity index (χ0) is 13.3. The molecule has 1 heterocycles. The summed E-state index contributed by atoms with van der Waals surface area (Å²) in [6.07, 6.45) is 0. The minimum atomic E-state index is 0.395. The van der Waals surface area contributed by atoms with Gasteiger partial charge in [0.15, 0.2) is 0 Å². The van der Waals surface area contributed by atoms with E-state index in [2.05, 4.69) is 75.3 Å². The van der Waals surface area contributed by atoms with Crippen molar-refractivity contribution < 1.29 is 0 Å². The number of halogens is 2. The monoisotopic (exact) mass is 387 g/mol. The van der Waals surface area contributed by atoms with Crippen LogP contribution >= 0.6 is 43.2 Å². The lowest BCUT2D eigenvalue weighted by molar-refractivity contribution is 0.664. The van der Waals surface area contributed by atoms with Gasteiger partial charge in [0.25, 0.3) is 0 Å². The van der Waals surface area contributed by atoms with Crippen LogP contribution in [0.15, 0.2) is 33.2 Å². The molecule has 18 heavy (non-hydrogen) atoms. The highest BCUT2D eigenvalue weighted by Crippen LogP contribution is 2.40. The average Bonchev–Trinajstić information content (AvgIpc) is 2.76. The van der Waals surface area contributed by atoms with E-state index < -0.39 is 0 Å². The van der Waals surface area contributed by atoms with E-state index in [1.165, 1.54) is 20.9 Å². The molecule has 0 aliphatic carbocycles. The van der Waals surface area contributed by atoms with Gasteiger partial charge in [-0.25, -0.2) is 0 Å². The first-order valence-electron chi connectivity index (χ1n) is 5.76. The zero-order valence-electron chi connectivity index (χ0n) is 10.6. The van der Waals surface area contributed by atoms with Crippen molar-refractivity contribution in [2.45, 2.75) is 19.9 Å². The van der Waals surface area contributed by atoms with Crippen molar-refractivity contribution in [3.63, 3.8) is 0 Å². The van der Waals surface area contributed by atoms with Crippen molar-refractivity contribution in [1.82, 2.24) is 5.32 Å². The molecule has 1 aromatic carbocycles. The lowest BCUT2D eigenvalue weighted by atomic mass is 10.1. The summed E-state index contributed by atoms with van der Waals surface area (Å²) in [5.41, 5.74) is 2.48. The zero-order valence-corrected chi connectivity index (χ0v) is 14.5. The van der Waals surface area contributed by atoms with Crippen molar-refractivity contribution in [1.29, 1.82) is 0 Å². The first kappa shape index (κ1) is 14.3. The molecule has 0 aliphatic rings. The topological polar surface area (TPSA) is 12.0 Å². The second-order valence-electron chi connectivity index (χ2n) is 4.32. The molecule has 1 N–H and O–H groups in total. The number of rotatable bonds is 3. The summed E-state index contributed by atoms with van der Waals surface area (Å²) in [5.74, 6) is 0. The predicted molar refractivity (Wildman–Crippen MR) is 87.4 cm³/mol. The van der Waals surface area contributed by atoms with Crippen LogP contribution in [0.3, 0.4) is 0 Å². The van der Waals surface area contributed by atoms with Gasteiger partial charge < -0.3 is 5.32 Å². The van der Waals surface area contributed by atoms with Crippen LogP contribution < -0.4 is 5.32 Å². The van der Waals surface area contributed by atoms with Crippen molar-refractivity contribution in [2.75, 3.05) is 7.05 Å². The van der Waals surface area contributed by atoms with Gasteiger partial charge in [0.05, 0.1) is 0 Å². The van der Waals surface area contributed by atoms with Gasteiger partial charge in [-0.15, -0.1) is 11.3 Å². The second-order valence-corrected chi connectivity index (χ2v) is 7.14. The highest BCUT2D eigenvalue weighted by atomic mass is 79.9. The Labute approximate surface area is 129 Å². The summed E-state index contributed by atoms with van der Waals surface area (Å²) >= 11 is 9.15. The summed E-state index contributed by atoms with van der Waals surface area (Å²) < 4.78 is 2.28. The molecular formula is C14H15Br2NS. The summed E-state index contributed by atoms with van der Waals surface area (Å²) in [6, 6.07) is 9.09. The molecule has 1 atom stereocenters. The smallest absolute Gasteiger partial charge is 0.0383 e. The van der Waals surface area contributed by atoms with Gasteiger partial charge in [-0.3, -0.25) is 0 Å². The van der Waals surface area contributed by atoms with Crippen molar-refractivity contribution >= 4 is 43.2 Å². The fourth-order valence-corrected chi connectivity index (χ4v) is 5.05. The minimum absolute atomic E-state index is 0.395. The van der Waals surface area contributed by atoms with E-state index in [0.29, 0.717) is 6.04 Å². The van der Waals surface area contributed by atoms with Crippen LogP contribution in [-0.4, -0.2) is 7.05 Å². The Bertz CT molecular complexity index is 540. The largest absolute Gasteiger partial charge is 0.313 e. The molecule has 0 aliphatic heterocycles. The molecule has 1 nitrogen and oxygen atoms in total. The number of benzene rings is 1. The maximum atomic E-state index is 3.66. The van der Waals surface area contributed by atoms with Gasteiger partial charge in [-0.1, -0.05) is 31.9 Å². The number of hydrogen-bond acceptors (Lipinski definition) is 2. The second kappa shape index (κ2) is 5.87. The summed E-state index contributed by atoms with van der Waals surface area (Å²) in [5, 5.41) is 3.27. The quantitative estimate of drug-likeness (QED) is 0.728. The predicted octanol–water partition coefficient (Wildman–Crippen LogP) is 5.53. The molecule has 0 bridgehead atoms. The molecule has 0 radical (unpaired) electrons. The Balaban J connectivity index is 2.46. The van der Waals surface area contributed by atoms with Crippen molar-refractivity contribution in [3.8, 4) is 10.4 Å². The van der Waals surface area contributed by atoms with Crippen LogP contribution in [0.1, 0.15) is 23.4 Å². The third kappa shape index (κ3) is 2.87. The molecule has 96 valence electrons.